The average molecular weight is 285 g/mol. The zero-order chi connectivity index (χ0) is 15.2. The molecule has 0 spiro atoms. The van der Waals surface area contributed by atoms with Crippen molar-refractivity contribution in [1.82, 2.24) is 14.8 Å². The van der Waals surface area contributed by atoms with Crippen molar-refractivity contribution in [3.8, 4) is 0 Å². The number of carbonyl (C=O) groups is 2. The molecule has 1 aromatic carbocycles. The summed E-state index contributed by atoms with van der Waals surface area (Å²) in [6.07, 6.45) is 2.87. The van der Waals surface area contributed by atoms with Crippen molar-refractivity contribution >= 4 is 28.4 Å². The van der Waals surface area contributed by atoms with E-state index in [0.717, 1.165) is 11.0 Å². The van der Waals surface area contributed by atoms with E-state index in [2.05, 4.69) is 22.4 Å². The second-order valence-corrected chi connectivity index (χ2v) is 3.97. The maximum absolute atomic E-state index is 9.55. The van der Waals surface area contributed by atoms with Gasteiger partial charge in [-0.3, -0.25) is 0 Å². The highest BCUT2D eigenvalue weighted by atomic mass is 16.4. The van der Waals surface area contributed by atoms with Crippen molar-refractivity contribution in [2.75, 3.05) is 0 Å². The first-order valence-corrected chi connectivity index (χ1v) is 5.90. The molecule has 21 heavy (non-hydrogen) atoms. The normalized spacial score (nSPS) is 10.5. The summed E-state index contributed by atoms with van der Waals surface area (Å²) in [6, 6.07) is 12.2. The fourth-order valence-electron chi connectivity index (χ4n) is 1.68. The Morgan fingerprint density at radius 3 is 2.33 bits per heavy atom. The first-order chi connectivity index (χ1) is 10.1. The van der Waals surface area contributed by atoms with E-state index in [4.69, 9.17) is 10.2 Å². The van der Waals surface area contributed by atoms with Gasteiger partial charge in [-0.15, -0.1) is 5.10 Å². The Kier molecular flexibility index (Phi) is 4.25. The van der Waals surface area contributed by atoms with Crippen LogP contribution >= 0.6 is 0 Å². The van der Waals surface area contributed by atoms with Crippen LogP contribution in [0.15, 0.2) is 54.7 Å². The minimum Gasteiger partial charge on any atom is -0.478 e. The van der Waals surface area contributed by atoms with E-state index in [-0.39, 0.29) is 0 Å². The quantitative estimate of drug-likeness (QED) is 0.693. The number of benzene rings is 1. The highest BCUT2D eigenvalue weighted by Crippen LogP contribution is 2.14. The minimum absolute atomic E-state index is 0.558. The number of aliphatic carboxylic acids is 2. The number of rotatable bonds is 2. The Bertz CT molecular complexity index is 807. The van der Waals surface area contributed by atoms with Gasteiger partial charge in [0.05, 0.1) is 17.2 Å². The summed E-state index contributed by atoms with van der Waals surface area (Å²) in [6.45, 7) is 0. The van der Waals surface area contributed by atoms with Crippen molar-refractivity contribution < 1.29 is 19.8 Å². The van der Waals surface area contributed by atoms with Gasteiger partial charge >= 0.3 is 11.9 Å². The number of hydrogen-bond donors (Lipinski definition) is 2. The minimum atomic E-state index is -1.26. The van der Waals surface area contributed by atoms with E-state index >= 15 is 0 Å². The molecule has 7 nitrogen and oxygen atoms in total. The highest BCUT2D eigenvalue weighted by Gasteiger charge is 1.98. The third-order valence-corrected chi connectivity index (χ3v) is 2.54. The van der Waals surface area contributed by atoms with Crippen LogP contribution < -0.4 is 0 Å². The van der Waals surface area contributed by atoms with Gasteiger partial charge in [-0.2, -0.15) is 0 Å². The fourth-order valence-corrected chi connectivity index (χ4v) is 1.68. The molecule has 2 heterocycles. The van der Waals surface area contributed by atoms with Crippen molar-refractivity contribution in [3.63, 3.8) is 0 Å². The van der Waals surface area contributed by atoms with Gasteiger partial charge in [0.2, 0.25) is 0 Å². The molecule has 0 aliphatic rings. The lowest BCUT2D eigenvalue weighted by atomic mass is 10.2. The molecule has 0 saturated heterocycles. The van der Waals surface area contributed by atoms with Crippen LogP contribution in [0.2, 0.25) is 0 Å². The molecule has 0 aliphatic heterocycles. The summed E-state index contributed by atoms with van der Waals surface area (Å²) in [5, 5.41) is 24.7. The van der Waals surface area contributed by atoms with Gasteiger partial charge in [0.15, 0.2) is 0 Å². The van der Waals surface area contributed by atoms with Crippen molar-refractivity contribution in [1.29, 1.82) is 0 Å². The zero-order valence-electron chi connectivity index (χ0n) is 10.7. The van der Waals surface area contributed by atoms with Crippen LogP contribution in [-0.2, 0) is 9.59 Å². The lowest BCUT2D eigenvalue weighted by Gasteiger charge is -1.98. The number of carboxylic acids is 2. The number of nitrogens with zero attached hydrogens (tertiary/aromatic N) is 3. The third-order valence-electron chi connectivity index (χ3n) is 2.54. The Morgan fingerprint density at radius 1 is 1.00 bits per heavy atom. The molecule has 0 aliphatic carbocycles. The largest absolute Gasteiger partial charge is 0.478 e. The standard InChI is InChI=1S/C10H7N3.C4H4O4/c1-2-4-10-8(3-1)5-6-9-7-11-12-13(9)10;5-3(6)1-2-4(7)8/h1-7H;1-2H,(H,5,6)(H,7,8). The van der Waals surface area contributed by atoms with Crippen LogP contribution in [0, 0.1) is 0 Å². The number of pyridine rings is 1. The molecule has 2 aromatic heterocycles. The Morgan fingerprint density at radius 2 is 1.67 bits per heavy atom. The first kappa shape index (κ1) is 14.2. The molecule has 0 amide bonds. The first-order valence-electron chi connectivity index (χ1n) is 5.90. The fraction of sp³-hybridized carbons (Fsp3) is 0. The number of hydrogen-bond acceptors (Lipinski definition) is 4. The molecular weight excluding hydrogens is 274 g/mol. The molecular formula is C14H11N3O4. The monoisotopic (exact) mass is 285 g/mol. The lowest BCUT2D eigenvalue weighted by molar-refractivity contribution is -0.134. The summed E-state index contributed by atoms with van der Waals surface area (Å²) < 4.78 is 1.84. The zero-order valence-corrected chi connectivity index (χ0v) is 10.7. The molecule has 0 atom stereocenters. The van der Waals surface area contributed by atoms with Crippen molar-refractivity contribution in [2.45, 2.75) is 0 Å². The average Bonchev–Trinajstić information content (AvgIpc) is 2.95. The highest BCUT2D eigenvalue weighted by molar-refractivity contribution is 5.89. The van der Waals surface area contributed by atoms with Crippen molar-refractivity contribution in [2.24, 2.45) is 0 Å². The Hall–Kier alpha value is -3.22. The van der Waals surface area contributed by atoms with E-state index in [9.17, 15) is 9.59 Å². The summed E-state index contributed by atoms with van der Waals surface area (Å²) >= 11 is 0. The van der Waals surface area contributed by atoms with E-state index in [1.807, 2.05) is 28.8 Å². The summed E-state index contributed by atoms with van der Waals surface area (Å²) in [7, 11) is 0. The SMILES string of the molecule is O=C(O)C=CC(=O)O.c1ccc2c(c1)ccc1cnnn12. The molecule has 7 heteroatoms. The third kappa shape index (κ3) is 3.63. The van der Waals surface area contributed by atoms with E-state index in [1.165, 1.54) is 5.39 Å². The van der Waals surface area contributed by atoms with E-state index < -0.39 is 11.9 Å². The maximum Gasteiger partial charge on any atom is 0.328 e. The van der Waals surface area contributed by atoms with Crippen LogP contribution in [0.25, 0.3) is 16.4 Å². The van der Waals surface area contributed by atoms with Gasteiger partial charge < -0.3 is 10.2 Å². The molecule has 3 aromatic rings. The molecule has 0 bridgehead atoms. The second kappa shape index (κ2) is 6.29. The second-order valence-electron chi connectivity index (χ2n) is 3.97. The molecule has 0 unspecified atom stereocenters. The van der Waals surface area contributed by atoms with E-state index in [0.29, 0.717) is 12.2 Å². The predicted octanol–water partition coefficient (Wildman–Crippen LogP) is 1.59. The predicted molar refractivity (Wildman–Crippen MR) is 74.9 cm³/mol. The Balaban J connectivity index is 0.000000177. The molecule has 0 radical (unpaired) electrons. The van der Waals surface area contributed by atoms with Gasteiger partial charge in [0, 0.05) is 17.5 Å². The summed E-state index contributed by atoms with van der Waals surface area (Å²) in [5.74, 6) is -2.51. The van der Waals surface area contributed by atoms with Gasteiger partial charge in [0.1, 0.15) is 0 Å². The smallest absolute Gasteiger partial charge is 0.328 e. The summed E-state index contributed by atoms with van der Waals surface area (Å²) in [5.41, 5.74) is 2.12. The number of carboxylic acid groups (broad SMARTS) is 2. The van der Waals surface area contributed by atoms with Gasteiger partial charge in [0.25, 0.3) is 0 Å². The van der Waals surface area contributed by atoms with Gasteiger partial charge in [-0.25, -0.2) is 14.1 Å². The van der Waals surface area contributed by atoms with Crippen LogP contribution in [0.5, 0.6) is 0 Å². The summed E-state index contributed by atoms with van der Waals surface area (Å²) in [4.78, 5) is 19.1. The van der Waals surface area contributed by atoms with Gasteiger partial charge in [-0.05, 0) is 12.1 Å². The lowest BCUT2D eigenvalue weighted by Crippen LogP contribution is -1.91. The molecule has 0 fully saturated rings. The molecule has 106 valence electrons. The maximum atomic E-state index is 9.55. The number of fused-ring (bicyclic) bond motifs is 3. The molecule has 0 saturated carbocycles. The number of para-hydroxylation sites is 1. The van der Waals surface area contributed by atoms with Crippen LogP contribution in [0.4, 0.5) is 0 Å². The molecule has 2 N–H and O–H groups in total. The van der Waals surface area contributed by atoms with Crippen molar-refractivity contribution in [3.05, 3.63) is 54.7 Å². The van der Waals surface area contributed by atoms with Gasteiger partial charge in [-0.1, -0.05) is 29.5 Å². The molecule has 3 rings (SSSR count). The van der Waals surface area contributed by atoms with Crippen LogP contribution in [0.1, 0.15) is 0 Å². The van der Waals surface area contributed by atoms with Crippen LogP contribution in [0.3, 0.4) is 0 Å². The van der Waals surface area contributed by atoms with Crippen LogP contribution in [-0.4, -0.2) is 37.0 Å². The Labute approximate surface area is 118 Å². The van der Waals surface area contributed by atoms with E-state index in [1.54, 1.807) is 6.20 Å². The topological polar surface area (TPSA) is 105 Å². The number of aromatic nitrogens is 3.